The van der Waals surface area contributed by atoms with E-state index in [-0.39, 0.29) is 0 Å². The normalized spacial score (nSPS) is 19.9. The second kappa shape index (κ2) is 6.19. The average molecular weight is 326 g/mol. The molecule has 5 heteroatoms. The summed E-state index contributed by atoms with van der Waals surface area (Å²) in [5.74, 6) is 2.18. The van der Waals surface area contributed by atoms with Crippen molar-refractivity contribution in [1.29, 1.82) is 0 Å². The van der Waals surface area contributed by atoms with Crippen molar-refractivity contribution in [1.82, 2.24) is 19.4 Å². The van der Waals surface area contributed by atoms with Gasteiger partial charge in [0, 0.05) is 37.2 Å². The van der Waals surface area contributed by atoms with Gasteiger partial charge >= 0.3 is 0 Å². The molecule has 2 aromatic heterocycles. The summed E-state index contributed by atoms with van der Waals surface area (Å²) in [5, 5.41) is 0. The number of hydrogen-bond donors (Lipinski definition) is 0. The fourth-order valence-electron chi connectivity index (χ4n) is 3.97. The van der Waals surface area contributed by atoms with Gasteiger partial charge < -0.3 is 9.47 Å². The predicted octanol–water partition coefficient (Wildman–Crippen LogP) is 3.52. The van der Waals surface area contributed by atoms with Crippen molar-refractivity contribution in [2.75, 3.05) is 13.1 Å². The van der Waals surface area contributed by atoms with Crippen LogP contribution in [0.15, 0.2) is 18.3 Å². The molecule has 1 saturated heterocycles. The Labute approximate surface area is 143 Å². The summed E-state index contributed by atoms with van der Waals surface area (Å²) < 4.78 is 2.34. The Hall–Kier alpha value is -1.91. The minimum absolute atomic E-state index is 0.309. The minimum Gasteiger partial charge on any atom is -0.342 e. The van der Waals surface area contributed by atoms with Crippen molar-refractivity contribution in [3.05, 3.63) is 24.2 Å². The molecular formula is C19H26N4O. The van der Waals surface area contributed by atoms with Crippen LogP contribution in [-0.2, 0) is 4.79 Å². The molecule has 24 heavy (non-hydrogen) atoms. The van der Waals surface area contributed by atoms with Gasteiger partial charge in [-0.1, -0.05) is 20.3 Å². The Balaban J connectivity index is 1.56. The van der Waals surface area contributed by atoms with E-state index in [4.69, 9.17) is 4.98 Å². The third-order valence-electron chi connectivity index (χ3n) is 5.59. The Kier molecular flexibility index (Phi) is 4.02. The molecule has 1 saturated carbocycles. The molecule has 0 bridgehead atoms. The largest absolute Gasteiger partial charge is 0.342 e. The number of carbonyl (C=O) groups excluding carboxylic acids is 1. The van der Waals surface area contributed by atoms with E-state index in [0.717, 1.165) is 55.8 Å². The van der Waals surface area contributed by atoms with Crippen LogP contribution in [0.5, 0.6) is 0 Å². The van der Waals surface area contributed by atoms with E-state index < -0.39 is 0 Å². The van der Waals surface area contributed by atoms with E-state index in [1.54, 1.807) is 0 Å². The smallest absolute Gasteiger partial charge is 0.225 e. The molecular weight excluding hydrogens is 300 g/mol. The van der Waals surface area contributed by atoms with Crippen LogP contribution in [0.1, 0.15) is 63.7 Å². The summed E-state index contributed by atoms with van der Waals surface area (Å²) in [7, 11) is 0. The first-order valence-electron chi connectivity index (χ1n) is 9.27. The lowest BCUT2D eigenvalue weighted by Gasteiger charge is -2.37. The molecule has 2 fully saturated rings. The summed E-state index contributed by atoms with van der Waals surface area (Å²) in [6.07, 6.45) is 7.25. The van der Waals surface area contributed by atoms with Crippen LogP contribution >= 0.6 is 0 Å². The van der Waals surface area contributed by atoms with E-state index >= 15 is 0 Å². The highest BCUT2D eigenvalue weighted by Crippen LogP contribution is 2.33. The topological polar surface area (TPSA) is 51.0 Å². The van der Waals surface area contributed by atoms with Crippen LogP contribution in [0, 0.1) is 5.92 Å². The quantitative estimate of drug-likeness (QED) is 0.867. The van der Waals surface area contributed by atoms with Crippen molar-refractivity contribution in [2.24, 2.45) is 5.92 Å². The Bertz CT molecular complexity index is 739. The molecule has 2 aliphatic rings. The molecule has 0 spiro atoms. The molecule has 1 aliphatic carbocycles. The van der Waals surface area contributed by atoms with Gasteiger partial charge in [0.2, 0.25) is 5.91 Å². The highest BCUT2D eigenvalue weighted by Gasteiger charge is 2.33. The summed E-state index contributed by atoms with van der Waals surface area (Å²) in [6.45, 7) is 6.11. The fourth-order valence-corrected chi connectivity index (χ4v) is 3.97. The molecule has 2 aromatic rings. The number of aromatic nitrogens is 3. The summed E-state index contributed by atoms with van der Waals surface area (Å²) in [4.78, 5) is 23.9. The number of hydrogen-bond acceptors (Lipinski definition) is 3. The molecule has 128 valence electrons. The monoisotopic (exact) mass is 326 g/mol. The van der Waals surface area contributed by atoms with E-state index in [9.17, 15) is 4.79 Å². The zero-order chi connectivity index (χ0) is 16.7. The number of rotatable bonds is 3. The van der Waals surface area contributed by atoms with Gasteiger partial charge in [-0.2, -0.15) is 0 Å². The lowest BCUT2D eigenvalue weighted by atomic mass is 9.84. The lowest BCUT2D eigenvalue weighted by Crippen LogP contribution is -2.44. The van der Waals surface area contributed by atoms with Crippen molar-refractivity contribution in [3.63, 3.8) is 0 Å². The summed E-state index contributed by atoms with van der Waals surface area (Å²) in [6, 6.07) is 4.39. The summed E-state index contributed by atoms with van der Waals surface area (Å²) in [5.41, 5.74) is 1.97. The number of fused-ring (bicyclic) bond motifs is 1. The van der Waals surface area contributed by atoms with Crippen LogP contribution in [0.25, 0.3) is 11.2 Å². The number of carbonyl (C=O) groups is 1. The maximum Gasteiger partial charge on any atom is 0.225 e. The van der Waals surface area contributed by atoms with Crippen molar-refractivity contribution >= 4 is 17.1 Å². The van der Waals surface area contributed by atoms with Crippen molar-refractivity contribution < 1.29 is 4.79 Å². The zero-order valence-corrected chi connectivity index (χ0v) is 14.6. The molecule has 0 radical (unpaired) electrons. The summed E-state index contributed by atoms with van der Waals surface area (Å²) >= 11 is 0. The van der Waals surface area contributed by atoms with Gasteiger partial charge in [0.15, 0.2) is 5.65 Å². The van der Waals surface area contributed by atoms with Gasteiger partial charge in [0.05, 0.1) is 0 Å². The molecule has 0 unspecified atom stereocenters. The van der Waals surface area contributed by atoms with Crippen LogP contribution in [0.4, 0.5) is 0 Å². The first kappa shape index (κ1) is 15.6. The number of amides is 1. The molecule has 0 aromatic carbocycles. The third kappa shape index (κ3) is 2.60. The molecule has 4 rings (SSSR count). The van der Waals surface area contributed by atoms with E-state index in [2.05, 4.69) is 28.3 Å². The minimum atomic E-state index is 0.309. The standard InChI is InChI=1S/C19H26N4O/c1-13(2)17-21-16-7-4-10-20-18(16)23(17)15-8-11-22(12-9-15)19(24)14-5-3-6-14/h4,7,10,13-15H,3,5-6,8-9,11-12H2,1-2H3. The fraction of sp³-hybridized carbons (Fsp3) is 0.632. The molecule has 5 nitrogen and oxygen atoms in total. The highest BCUT2D eigenvalue weighted by molar-refractivity contribution is 5.79. The number of pyridine rings is 1. The number of nitrogens with zero attached hydrogens (tertiary/aromatic N) is 4. The maximum absolute atomic E-state index is 12.5. The van der Waals surface area contributed by atoms with E-state index in [1.165, 1.54) is 6.42 Å². The van der Waals surface area contributed by atoms with Crippen LogP contribution in [0.3, 0.4) is 0 Å². The van der Waals surface area contributed by atoms with Gasteiger partial charge in [-0.25, -0.2) is 9.97 Å². The van der Waals surface area contributed by atoms with E-state index in [0.29, 0.717) is 23.8 Å². The number of likely N-dealkylation sites (tertiary alicyclic amines) is 1. The zero-order valence-electron chi connectivity index (χ0n) is 14.6. The first-order valence-corrected chi connectivity index (χ1v) is 9.27. The van der Waals surface area contributed by atoms with E-state index in [1.807, 2.05) is 18.3 Å². The molecule has 0 atom stereocenters. The Morgan fingerprint density at radius 1 is 1.21 bits per heavy atom. The van der Waals surface area contributed by atoms with Crippen LogP contribution in [0.2, 0.25) is 0 Å². The second-order valence-corrected chi connectivity index (χ2v) is 7.53. The van der Waals surface area contributed by atoms with Gasteiger partial charge in [-0.05, 0) is 37.8 Å². The Morgan fingerprint density at radius 2 is 1.96 bits per heavy atom. The molecule has 1 amide bonds. The van der Waals surface area contributed by atoms with Crippen LogP contribution < -0.4 is 0 Å². The van der Waals surface area contributed by atoms with Crippen molar-refractivity contribution in [2.45, 2.75) is 57.9 Å². The van der Waals surface area contributed by atoms with Gasteiger partial charge in [0.25, 0.3) is 0 Å². The Morgan fingerprint density at radius 3 is 2.58 bits per heavy atom. The highest BCUT2D eigenvalue weighted by atomic mass is 16.2. The number of imidazole rings is 1. The van der Waals surface area contributed by atoms with Gasteiger partial charge in [-0.3, -0.25) is 4.79 Å². The SMILES string of the molecule is CC(C)c1nc2cccnc2n1C1CCN(C(=O)C2CCC2)CC1. The third-order valence-corrected chi connectivity index (χ3v) is 5.59. The first-order chi connectivity index (χ1) is 11.6. The molecule has 1 aliphatic heterocycles. The average Bonchev–Trinajstić information content (AvgIpc) is 2.93. The molecule has 3 heterocycles. The predicted molar refractivity (Wildman–Crippen MR) is 93.8 cm³/mol. The lowest BCUT2D eigenvalue weighted by molar-refractivity contribution is -0.139. The molecule has 0 N–H and O–H groups in total. The maximum atomic E-state index is 12.5. The van der Waals surface area contributed by atoms with Gasteiger partial charge in [-0.15, -0.1) is 0 Å². The van der Waals surface area contributed by atoms with Crippen molar-refractivity contribution in [3.8, 4) is 0 Å². The number of piperidine rings is 1. The second-order valence-electron chi connectivity index (χ2n) is 7.53. The van der Waals surface area contributed by atoms with Crippen LogP contribution in [-0.4, -0.2) is 38.4 Å². The van der Waals surface area contributed by atoms with Gasteiger partial charge in [0.1, 0.15) is 11.3 Å².